The van der Waals surface area contributed by atoms with Gasteiger partial charge in [0.2, 0.25) is 0 Å². The highest BCUT2D eigenvalue weighted by Crippen LogP contribution is 2.44. The van der Waals surface area contributed by atoms with E-state index in [-0.39, 0.29) is 7.78 Å². The van der Waals surface area contributed by atoms with Gasteiger partial charge >= 0.3 is 0 Å². The first kappa shape index (κ1) is 13.1. The predicted molar refractivity (Wildman–Crippen MR) is 53.3 cm³/mol. The molecule has 0 N–H and O–H groups in total. The lowest BCUT2D eigenvalue weighted by Gasteiger charge is -2.08. The molecular formula is C7H4F5PS2. The fraction of sp³-hybridized carbons (Fsp3) is 0.143. The standard InChI is InChI=1S/C7H4F5PS2/c1-13-15-7-5(11)3(9)2(8)4(10)6(7)14-12/h13H,1H3. The van der Waals surface area contributed by atoms with Crippen LogP contribution in [0.3, 0.4) is 0 Å². The van der Waals surface area contributed by atoms with Gasteiger partial charge in [0.25, 0.3) is 0 Å². The molecule has 0 saturated carbocycles. The summed E-state index contributed by atoms with van der Waals surface area (Å²) < 4.78 is 63.8. The third kappa shape index (κ3) is 2.40. The fourth-order valence-electron chi connectivity index (χ4n) is 0.854. The van der Waals surface area contributed by atoms with Gasteiger partial charge in [0.15, 0.2) is 23.3 Å². The minimum Gasteiger partial charge on any atom is -0.202 e. The molecule has 0 saturated heterocycles. The highest BCUT2D eigenvalue weighted by atomic mass is 32.7. The summed E-state index contributed by atoms with van der Waals surface area (Å²) in [6.45, 7) is 1.62. The van der Waals surface area contributed by atoms with Crippen molar-refractivity contribution >= 4 is 31.3 Å². The van der Waals surface area contributed by atoms with Crippen LogP contribution in [0.5, 0.6) is 0 Å². The number of hydrogen-bond donors (Lipinski definition) is 0. The summed E-state index contributed by atoms with van der Waals surface area (Å²) in [5.41, 5.74) is 0. The van der Waals surface area contributed by atoms with Crippen LogP contribution >= 0.6 is 31.3 Å². The summed E-state index contributed by atoms with van der Waals surface area (Å²) in [7, 11) is 0.0614. The molecule has 0 aliphatic carbocycles. The van der Waals surface area contributed by atoms with Gasteiger partial charge in [-0.05, 0) is 6.66 Å². The van der Waals surface area contributed by atoms with Gasteiger partial charge in [-0.1, -0.05) is 19.2 Å². The zero-order chi connectivity index (χ0) is 11.6. The fourth-order valence-corrected chi connectivity index (χ4v) is 3.36. The zero-order valence-corrected chi connectivity index (χ0v) is 9.84. The summed E-state index contributed by atoms with van der Waals surface area (Å²) in [5, 5.41) is 0. The Morgan fingerprint density at radius 1 is 0.867 bits per heavy atom. The number of rotatable bonds is 3. The number of benzene rings is 1. The van der Waals surface area contributed by atoms with Crippen molar-refractivity contribution < 1.29 is 21.4 Å². The van der Waals surface area contributed by atoms with E-state index >= 15 is 0 Å². The largest absolute Gasteiger partial charge is 0.202 e. The topological polar surface area (TPSA) is 0 Å². The molecule has 1 rings (SSSR count). The average molecular weight is 278 g/mol. The Morgan fingerprint density at radius 3 is 1.73 bits per heavy atom. The van der Waals surface area contributed by atoms with E-state index in [0.717, 1.165) is 11.4 Å². The molecule has 1 unspecified atom stereocenters. The maximum atomic E-state index is 13.1. The van der Waals surface area contributed by atoms with E-state index < -0.39 is 45.2 Å². The molecule has 15 heavy (non-hydrogen) atoms. The summed E-state index contributed by atoms with van der Waals surface area (Å²) in [6, 6.07) is 0. The molecule has 0 aromatic heterocycles. The van der Waals surface area contributed by atoms with Gasteiger partial charge in [-0.25, -0.2) is 17.6 Å². The van der Waals surface area contributed by atoms with Gasteiger partial charge in [-0.3, -0.25) is 0 Å². The second kappa shape index (κ2) is 5.37. The molecule has 0 heterocycles. The third-order valence-electron chi connectivity index (χ3n) is 1.46. The Morgan fingerprint density at radius 2 is 1.33 bits per heavy atom. The molecule has 0 spiro atoms. The molecule has 0 radical (unpaired) electrons. The number of hydrogen-bond acceptors (Lipinski definition) is 2. The smallest absolute Gasteiger partial charge is 0.198 e. The minimum absolute atomic E-state index is 0.0614. The van der Waals surface area contributed by atoms with Crippen molar-refractivity contribution in [3.63, 3.8) is 0 Å². The lowest BCUT2D eigenvalue weighted by molar-refractivity contribution is 0.384. The van der Waals surface area contributed by atoms with E-state index in [1.165, 1.54) is 0 Å². The molecule has 0 nitrogen and oxygen atoms in total. The van der Waals surface area contributed by atoms with Crippen molar-refractivity contribution in [2.45, 2.75) is 9.79 Å². The van der Waals surface area contributed by atoms with Crippen LogP contribution in [0, 0.1) is 23.3 Å². The van der Waals surface area contributed by atoms with Gasteiger partial charge in [-0.2, -0.15) is 3.89 Å². The molecule has 84 valence electrons. The monoisotopic (exact) mass is 278 g/mol. The maximum Gasteiger partial charge on any atom is 0.198 e. The van der Waals surface area contributed by atoms with E-state index in [1.807, 2.05) is 0 Å². The first-order valence-corrected chi connectivity index (χ1v) is 7.28. The van der Waals surface area contributed by atoms with E-state index in [4.69, 9.17) is 0 Å². The van der Waals surface area contributed by atoms with Crippen LogP contribution in [0.2, 0.25) is 0 Å². The van der Waals surface area contributed by atoms with Crippen molar-refractivity contribution in [1.82, 2.24) is 0 Å². The lowest BCUT2D eigenvalue weighted by atomic mass is 10.3. The molecule has 0 aliphatic rings. The van der Waals surface area contributed by atoms with Crippen molar-refractivity contribution in [2.24, 2.45) is 0 Å². The first-order chi connectivity index (χ1) is 7.04. The molecule has 0 amide bonds. The van der Waals surface area contributed by atoms with Crippen LogP contribution in [0.15, 0.2) is 9.79 Å². The van der Waals surface area contributed by atoms with Crippen LogP contribution in [-0.4, -0.2) is 6.66 Å². The quantitative estimate of drug-likeness (QED) is 0.345. The summed E-state index contributed by atoms with van der Waals surface area (Å²) in [4.78, 5) is -1.37. The Hall–Kier alpha value is -0.0000000000000000555. The Kier molecular flexibility index (Phi) is 4.67. The van der Waals surface area contributed by atoms with Crippen molar-refractivity contribution in [1.29, 1.82) is 0 Å². The third-order valence-corrected chi connectivity index (χ3v) is 4.15. The van der Waals surface area contributed by atoms with E-state index in [0.29, 0.717) is 0 Å². The summed E-state index contributed by atoms with van der Waals surface area (Å²) in [6.07, 6.45) is 0. The van der Waals surface area contributed by atoms with Gasteiger partial charge in [-0.15, -0.1) is 0 Å². The molecule has 0 fully saturated rings. The van der Waals surface area contributed by atoms with Crippen LogP contribution in [0.1, 0.15) is 0 Å². The summed E-state index contributed by atoms with van der Waals surface area (Å²) in [5.74, 6) is -7.14. The van der Waals surface area contributed by atoms with Crippen molar-refractivity contribution in [2.75, 3.05) is 6.66 Å². The van der Waals surface area contributed by atoms with Crippen LogP contribution in [-0.2, 0) is 0 Å². The molecule has 1 aromatic carbocycles. The number of halogens is 5. The van der Waals surface area contributed by atoms with Crippen LogP contribution < -0.4 is 0 Å². The summed E-state index contributed by atoms with van der Waals surface area (Å²) >= 11 is 0.0964. The SMILES string of the molecule is CPSc1c(F)c(F)c(F)c(F)c1SF. The normalized spacial score (nSPS) is 11.6. The van der Waals surface area contributed by atoms with Gasteiger partial charge in [0.05, 0.1) is 21.9 Å². The molecular weight excluding hydrogens is 274 g/mol. The van der Waals surface area contributed by atoms with Crippen LogP contribution in [0.4, 0.5) is 21.4 Å². The van der Waals surface area contributed by atoms with Gasteiger partial charge < -0.3 is 0 Å². The predicted octanol–water partition coefficient (Wildman–Crippen LogP) is 4.54. The van der Waals surface area contributed by atoms with E-state index in [2.05, 4.69) is 0 Å². The Balaban J connectivity index is 3.47. The maximum absolute atomic E-state index is 13.1. The van der Waals surface area contributed by atoms with Crippen molar-refractivity contribution in [3.8, 4) is 0 Å². The van der Waals surface area contributed by atoms with Crippen LogP contribution in [0.25, 0.3) is 0 Å². The first-order valence-electron chi connectivity index (χ1n) is 3.52. The molecule has 1 aromatic rings. The highest BCUT2D eigenvalue weighted by Gasteiger charge is 2.26. The highest BCUT2D eigenvalue weighted by molar-refractivity contribution is 8.49. The molecule has 0 aliphatic heterocycles. The molecule has 8 heteroatoms. The van der Waals surface area contributed by atoms with Gasteiger partial charge in [0, 0.05) is 0 Å². The minimum atomic E-state index is -1.99. The second-order valence-electron chi connectivity index (χ2n) is 2.30. The average Bonchev–Trinajstić information content (AvgIpc) is 2.24. The van der Waals surface area contributed by atoms with E-state index in [1.54, 1.807) is 6.66 Å². The van der Waals surface area contributed by atoms with Crippen molar-refractivity contribution in [3.05, 3.63) is 23.3 Å². The van der Waals surface area contributed by atoms with E-state index in [9.17, 15) is 21.4 Å². The molecule has 1 atom stereocenters. The Bertz CT molecular complexity index is 384. The molecule has 0 bridgehead atoms. The Labute approximate surface area is 92.8 Å². The second-order valence-corrected chi connectivity index (χ2v) is 5.72. The lowest BCUT2D eigenvalue weighted by Crippen LogP contribution is -2.00. The zero-order valence-electron chi connectivity index (χ0n) is 7.21. The van der Waals surface area contributed by atoms with Gasteiger partial charge in [0.1, 0.15) is 0 Å².